The van der Waals surface area contributed by atoms with Gasteiger partial charge in [-0.1, -0.05) is 25.1 Å². The van der Waals surface area contributed by atoms with E-state index in [2.05, 4.69) is 87.1 Å². The summed E-state index contributed by atoms with van der Waals surface area (Å²) in [5, 5.41) is 0. The molecule has 0 aromatic carbocycles. The Morgan fingerprint density at radius 3 is 2.68 bits per heavy atom. The molecule has 1 fully saturated rings. The molecular formula is C24H38N4. The lowest BCUT2D eigenvalue weighted by molar-refractivity contribution is 0.151. The van der Waals surface area contributed by atoms with E-state index >= 15 is 0 Å². The van der Waals surface area contributed by atoms with Gasteiger partial charge in [-0.15, -0.1) is 0 Å². The van der Waals surface area contributed by atoms with Crippen molar-refractivity contribution in [2.45, 2.75) is 65.0 Å². The van der Waals surface area contributed by atoms with Crippen LogP contribution >= 0.6 is 0 Å². The van der Waals surface area contributed by atoms with Crippen LogP contribution in [0.4, 0.5) is 0 Å². The van der Waals surface area contributed by atoms with E-state index in [1.807, 2.05) is 7.05 Å². The molecule has 0 amide bonds. The molecule has 1 aromatic rings. The van der Waals surface area contributed by atoms with Gasteiger partial charge in [0, 0.05) is 39.0 Å². The quantitative estimate of drug-likeness (QED) is 0.619. The Balaban J connectivity index is 2.25. The molecule has 2 unspecified atom stereocenters. The van der Waals surface area contributed by atoms with Crippen molar-refractivity contribution in [3.05, 3.63) is 53.0 Å². The first kappa shape index (κ1) is 22.4. The summed E-state index contributed by atoms with van der Waals surface area (Å²) in [5.74, 6) is 0. The van der Waals surface area contributed by atoms with Crippen LogP contribution in [0.2, 0.25) is 0 Å². The second kappa shape index (κ2) is 10.6. The minimum Gasteiger partial charge on any atom is -0.381 e. The average molecular weight is 383 g/mol. The molecule has 1 aliphatic heterocycles. The molecule has 0 aliphatic carbocycles. The monoisotopic (exact) mass is 382 g/mol. The Morgan fingerprint density at radius 2 is 2.07 bits per heavy atom. The zero-order valence-electron chi connectivity index (χ0n) is 18.9. The zero-order valence-corrected chi connectivity index (χ0v) is 18.9. The van der Waals surface area contributed by atoms with Crippen molar-refractivity contribution in [3.63, 3.8) is 0 Å². The molecule has 4 heteroatoms. The molecule has 4 nitrogen and oxygen atoms in total. The molecule has 28 heavy (non-hydrogen) atoms. The first-order valence-electron chi connectivity index (χ1n) is 10.6. The van der Waals surface area contributed by atoms with E-state index < -0.39 is 0 Å². The molecule has 0 radical (unpaired) electrons. The molecule has 0 spiro atoms. The van der Waals surface area contributed by atoms with Gasteiger partial charge in [0.2, 0.25) is 0 Å². The first-order valence-corrected chi connectivity index (χ1v) is 10.6. The fourth-order valence-electron chi connectivity index (χ4n) is 4.30. The number of aromatic nitrogens is 1. The van der Waals surface area contributed by atoms with Crippen LogP contribution in [0.15, 0.2) is 46.6 Å². The van der Waals surface area contributed by atoms with Crippen molar-refractivity contribution in [1.29, 1.82) is 0 Å². The second-order valence-electron chi connectivity index (χ2n) is 7.94. The van der Waals surface area contributed by atoms with E-state index in [-0.39, 0.29) is 0 Å². The van der Waals surface area contributed by atoms with Crippen LogP contribution in [0.3, 0.4) is 0 Å². The summed E-state index contributed by atoms with van der Waals surface area (Å²) in [4.78, 5) is 14.4. The number of pyridine rings is 1. The Kier molecular flexibility index (Phi) is 8.43. The van der Waals surface area contributed by atoms with Crippen LogP contribution in [0.1, 0.15) is 63.9 Å². The van der Waals surface area contributed by atoms with E-state index in [1.165, 1.54) is 29.1 Å². The van der Waals surface area contributed by atoms with E-state index in [9.17, 15) is 0 Å². The van der Waals surface area contributed by atoms with Crippen LogP contribution in [-0.4, -0.2) is 54.7 Å². The van der Waals surface area contributed by atoms with Gasteiger partial charge in [-0.3, -0.25) is 14.9 Å². The van der Waals surface area contributed by atoms with Gasteiger partial charge in [0.1, 0.15) is 0 Å². The summed E-state index contributed by atoms with van der Waals surface area (Å²) in [6.45, 7) is 6.48. The summed E-state index contributed by atoms with van der Waals surface area (Å²) in [7, 11) is 8.36. The van der Waals surface area contributed by atoms with Gasteiger partial charge in [-0.05, 0) is 64.3 Å². The van der Waals surface area contributed by atoms with Crippen molar-refractivity contribution in [2.24, 2.45) is 4.99 Å². The lowest BCUT2D eigenvalue weighted by Crippen LogP contribution is -2.44. The smallest absolute Gasteiger partial charge is 0.0578 e. The minimum atomic E-state index is 0.346. The third-order valence-corrected chi connectivity index (χ3v) is 5.85. The number of likely N-dealkylation sites (tertiary alicyclic amines) is 1. The highest BCUT2D eigenvalue weighted by molar-refractivity contribution is 6.03. The molecule has 2 rings (SSSR count). The van der Waals surface area contributed by atoms with Gasteiger partial charge in [-0.25, -0.2) is 0 Å². The highest BCUT2D eigenvalue weighted by atomic mass is 15.2. The lowest BCUT2D eigenvalue weighted by atomic mass is 9.89. The SMILES string of the molecule is C/C=C(/Cc1cccc(C2CCCC(C(=NC)/C(C)=C\CC)N2C)n1)N(C)C. The predicted octanol–water partition coefficient (Wildman–Crippen LogP) is 5.04. The number of allylic oxidation sites excluding steroid dienone is 3. The van der Waals surface area contributed by atoms with E-state index in [0.717, 1.165) is 31.4 Å². The molecule has 2 heterocycles. The molecule has 1 saturated heterocycles. The van der Waals surface area contributed by atoms with Crippen LogP contribution in [0, 0.1) is 0 Å². The standard InChI is InChI=1S/C24H38N4/c1-8-12-18(3)24(25-4)23-16-11-15-22(28(23)7)21-14-10-13-19(26-21)17-20(9-2)27(5)6/h9-10,12-14,22-23H,8,11,15-17H2,1-7H3/b18-12-,20-9-,25-24?. The summed E-state index contributed by atoms with van der Waals surface area (Å²) in [5.41, 5.74) is 6.16. The molecule has 154 valence electrons. The first-order chi connectivity index (χ1) is 13.4. The van der Waals surface area contributed by atoms with Gasteiger partial charge < -0.3 is 4.90 Å². The Labute approximate surface area is 172 Å². The third-order valence-electron chi connectivity index (χ3n) is 5.85. The maximum Gasteiger partial charge on any atom is 0.0578 e. The lowest BCUT2D eigenvalue weighted by Gasteiger charge is -2.40. The van der Waals surface area contributed by atoms with Crippen molar-refractivity contribution >= 4 is 5.71 Å². The number of nitrogens with zero attached hydrogens (tertiary/aromatic N) is 4. The number of piperidine rings is 1. The van der Waals surface area contributed by atoms with E-state index in [0.29, 0.717) is 12.1 Å². The van der Waals surface area contributed by atoms with Gasteiger partial charge >= 0.3 is 0 Å². The van der Waals surface area contributed by atoms with Crippen molar-refractivity contribution in [2.75, 3.05) is 28.2 Å². The van der Waals surface area contributed by atoms with Crippen LogP contribution in [0.5, 0.6) is 0 Å². The average Bonchev–Trinajstić information content (AvgIpc) is 2.68. The highest BCUT2D eigenvalue weighted by Gasteiger charge is 2.32. The van der Waals surface area contributed by atoms with Crippen LogP contribution in [-0.2, 0) is 6.42 Å². The molecule has 2 atom stereocenters. The summed E-state index contributed by atoms with van der Waals surface area (Å²) < 4.78 is 0. The number of rotatable bonds is 7. The molecular weight excluding hydrogens is 344 g/mol. The number of hydrogen-bond acceptors (Lipinski definition) is 4. The molecule has 0 bridgehead atoms. The molecule has 1 aliphatic rings. The molecule has 0 saturated carbocycles. The van der Waals surface area contributed by atoms with Gasteiger partial charge in [0.25, 0.3) is 0 Å². The van der Waals surface area contributed by atoms with Gasteiger partial charge in [-0.2, -0.15) is 0 Å². The topological polar surface area (TPSA) is 31.7 Å². The van der Waals surface area contributed by atoms with Crippen molar-refractivity contribution < 1.29 is 0 Å². The Morgan fingerprint density at radius 1 is 1.32 bits per heavy atom. The van der Waals surface area contributed by atoms with Crippen LogP contribution in [0.25, 0.3) is 0 Å². The molecule has 1 aromatic heterocycles. The Bertz CT molecular complexity index is 730. The zero-order chi connectivity index (χ0) is 20.7. The van der Waals surface area contributed by atoms with Gasteiger partial charge in [0.15, 0.2) is 0 Å². The molecule has 0 N–H and O–H groups in total. The minimum absolute atomic E-state index is 0.346. The summed E-state index contributed by atoms with van der Waals surface area (Å²) >= 11 is 0. The number of aliphatic imine (C=N–C) groups is 1. The maximum atomic E-state index is 5.05. The normalized spacial score (nSPS) is 22.5. The van der Waals surface area contributed by atoms with Crippen molar-refractivity contribution in [3.8, 4) is 0 Å². The summed E-state index contributed by atoms with van der Waals surface area (Å²) in [6.07, 6.45) is 9.91. The largest absolute Gasteiger partial charge is 0.381 e. The Hall–Kier alpha value is -1.94. The fraction of sp³-hybridized carbons (Fsp3) is 0.583. The number of hydrogen-bond donors (Lipinski definition) is 0. The second-order valence-corrected chi connectivity index (χ2v) is 7.94. The van der Waals surface area contributed by atoms with Gasteiger partial charge in [0.05, 0.1) is 23.5 Å². The van der Waals surface area contributed by atoms with E-state index in [1.54, 1.807) is 0 Å². The van der Waals surface area contributed by atoms with Crippen LogP contribution < -0.4 is 0 Å². The van der Waals surface area contributed by atoms with E-state index in [4.69, 9.17) is 4.98 Å². The summed E-state index contributed by atoms with van der Waals surface area (Å²) in [6, 6.07) is 7.21. The number of likely N-dealkylation sites (N-methyl/N-ethyl adjacent to an activating group) is 1. The van der Waals surface area contributed by atoms with Crippen molar-refractivity contribution in [1.82, 2.24) is 14.8 Å². The third kappa shape index (κ3) is 5.32. The maximum absolute atomic E-state index is 5.05. The highest BCUT2D eigenvalue weighted by Crippen LogP contribution is 2.34. The fourth-order valence-corrected chi connectivity index (χ4v) is 4.30. The predicted molar refractivity (Wildman–Crippen MR) is 121 cm³/mol.